The van der Waals surface area contributed by atoms with E-state index in [1.54, 1.807) is 13.0 Å². The number of hydrogen-bond acceptors (Lipinski definition) is 6. The summed E-state index contributed by atoms with van der Waals surface area (Å²) in [4.78, 5) is 28.0. The van der Waals surface area contributed by atoms with E-state index in [1.807, 2.05) is 0 Å². The number of H-pyrrole nitrogens is 1. The summed E-state index contributed by atoms with van der Waals surface area (Å²) in [6.07, 6.45) is -3.49. The van der Waals surface area contributed by atoms with Gasteiger partial charge in [0.25, 0.3) is 0 Å². The number of hydrogen-bond donors (Lipinski definition) is 3. The highest BCUT2D eigenvalue weighted by Gasteiger charge is 2.33. The average Bonchev–Trinajstić information content (AvgIpc) is 3.34. The smallest absolute Gasteiger partial charge is 0.407 e. The van der Waals surface area contributed by atoms with Crippen molar-refractivity contribution in [2.45, 2.75) is 70.2 Å². The molecule has 170 valence electrons. The Morgan fingerprint density at radius 2 is 2.16 bits per heavy atom. The van der Waals surface area contributed by atoms with Gasteiger partial charge in [-0.25, -0.2) is 9.78 Å². The molecule has 2 heterocycles. The van der Waals surface area contributed by atoms with Crippen LogP contribution in [0, 0.1) is 6.92 Å². The molecule has 9 nitrogen and oxygen atoms in total. The van der Waals surface area contributed by atoms with Crippen molar-refractivity contribution < 1.29 is 31.9 Å². The van der Waals surface area contributed by atoms with Crippen molar-refractivity contribution in [3.05, 3.63) is 29.6 Å². The fraction of sp³-hybridized carbons (Fsp3) is 0.579. The van der Waals surface area contributed by atoms with Gasteiger partial charge in [-0.3, -0.25) is 9.89 Å². The first-order valence-electron chi connectivity index (χ1n) is 9.87. The van der Waals surface area contributed by atoms with Crippen LogP contribution in [0.5, 0.6) is 0 Å². The number of amides is 2. The normalized spacial score (nSPS) is 19.8. The summed E-state index contributed by atoms with van der Waals surface area (Å²) in [5.41, 5.74) is 1.46. The Kier molecular flexibility index (Phi) is 6.86. The Labute approximate surface area is 176 Å². The van der Waals surface area contributed by atoms with E-state index < -0.39 is 30.8 Å². The molecule has 1 aliphatic carbocycles. The van der Waals surface area contributed by atoms with Gasteiger partial charge in [0.1, 0.15) is 18.8 Å². The molecule has 12 heteroatoms. The molecule has 1 fully saturated rings. The lowest BCUT2D eigenvalue weighted by atomic mass is 10.0. The van der Waals surface area contributed by atoms with Crippen molar-refractivity contribution in [2.24, 2.45) is 0 Å². The number of nitrogens with zero attached hydrogens (tertiary/aromatic N) is 2. The standard InChI is InChI=1S/C19H24F3N5O4/c1-10(8-19(20,21)22)24-18(29)31-13-4-3-12(5-13)14-6-15(27-26-14)25-16(28)7-17-23-11(2)9-30-17/h6,9-10,12-13H,3-5,7-8H2,1-2H3,(H,24,29)(H2,25,26,27,28)/t10?,12-,13+/m0/s1. The van der Waals surface area contributed by atoms with Gasteiger partial charge < -0.3 is 19.8 Å². The molecule has 2 amide bonds. The Bertz CT molecular complexity index is 910. The van der Waals surface area contributed by atoms with Gasteiger partial charge in [-0.05, 0) is 33.1 Å². The molecule has 3 N–H and O–H groups in total. The minimum Gasteiger partial charge on any atom is -0.448 e. The van der Waals surface area contributed by atoms with Crippen LogP contribution in [0.4, 0.5) is 23.8 Å². The lowest BCUT2D eigenvalue weighted by Crippen LogP contribution is -2.37. The van der Waals surface area contributed by atoms with Crippen molar-refractivity contribution in [1.82, 2.24) is 20.5 Å². The molecule has 0 aliphatic heterocycles. The summed E-state index contributed by atoms with van der Waals surface area (Å²) in [5.74, 6) is 0.367. The van der Waals surface area contributed by atoms with Crippen LogP contribution >= 0.6 is 0 Å². The molecule has 0 spiro atoms. The van der Waals surface area contributed by atoms with E-state index in [2.05, 4.69) is 25.8 Å². The molecule has 2 aromatic rings. The van der Waals surface area contributed by atoms with Crippen LogP contribution in [-0.2, 0) is 16.0 Å². The molecule has 1 aliphatic rings. The Morgan fingerprint density at radius 3 is 2.84 bits per heavy atom. The number of aromatic amines is 1. The lowest BCUT2D eigenvalue weighted by Gasteiger charge is -2.18. The van der Waals surface area contributed by atoms with E-state index in [9.17, 15) is 22.8 Å². The summed E-state index contributed by atoms with van der Waals surface area (Å²) < 4.78 is 47.5. The maximum Gasteiger partial charge on any atom is 0.407 e. The second-order valence-corrected chi connectivity index (χ2v) is 7.72. The first-order valence-corrected chi connectivity index (χ1v) is 9.87. The number of oxazole rings is 1. The van der Waals surface area contributed by atoms with Crippen molar-refractivity contribution in [3.8, 4) is 0 Å². The fourth-order valence-electron chi connectivity index (χ4n) is 3.53. The molecular weight excluding hydrogens is 419 g/mol. The zero-order chi connectivity index (χ0) is 22.6. The number of alkyl halides is 3. The summed E-state index contributed by atoms with van der Waals surface area (Å²) in [5, 5.41) is 11.8. The topological polar surface area (TPSA) is 122 Å². The van der Waals surface area contributed by atoms with Crippen LogP contribution < -0.4 is 10.6 Å². The predicted molar refractivity (Wildman–Crippen MR) is 102 cm³/mol. The van der Waals surface area contributed by atoms with Gasteiger partial charge in [-0.2, -0.15) is 18.3 Å². The number of ether oxygens (including phenoxy) is 1. The van der Waals surface area contributed by atoms with E-state index in [4.69, 9.17) is 9.15 Å². The predicted octanol–water partition coefficient (Wildman–Crippen LogP) is 3.59. The number of anilines is 1. The highest BCUT2D eigenvalue weighted by atomic mass is 19.4. The first kappa shape index (κ1) is 22.6. The average molecular weight is 443 g/mol. The Hall–Kier alpha value is -3.05. The summed E-state index contributed by atoms with van der Waals surface area (Å²) >= 11 is 0. The van der Waals surface area contributed by atoms with Gasteiger partial charge in [0.2, 0.25) is 11.8 Å². The molecule has 2 aromatic heterocycles. The zero-order valence-electron chi connectivity index (χ0n) is 17.1. The molecule has 0 radical (unpaired) electrons. The third kappa shape index (κ3) is 7.00. The first-order chi connectivity index (χ1) is 14.6. The number of alkyl carbamates (subject to hydrolysis) is 1. The Morgan fingerprint density at radius 1 is 1.39 bits per heavy atom. The van der Waals surface area contributed by atoms with Crippen molar-refractivity contribution >= 4 is 17.8 Å². The molecular formula is C19H24F3N5O4. The molecule has 1 saturated carbocycles. The number of halogens is 3. The van der Waals surface area contributed by atoms with Crippen LogP contribution in [0.2, 0.25) is 0 Å². The maximum atomic E-state index is 12.4. The van der Waals surface area contributed by atoms with Crippen LogP contribution in [0.15, 0.2) is 16.7 Å². The largest absolute Gasteiger partial charge is 0.448 e. The lowest BCUT2D eigenvalue weighted by molar-refractivity contribution is -0.138. The van der Waals surface area contributed by atoms with Crippen molar-refractivity contribution in [2.75, 3.05) is 5.32 Å². The second kappa shape index (κ2) is 9.40. The highest BCUT2D eigenvalue weighted by Crippen LogP contribution is 2.36. The Balaban J connectivity index is 1.44. The van der Waals surface area contributed by atoms with E-state index in [1.165, 1.54) is 13.2 Å². The van der Waals surface area contributed by atoms with Gasteiger partial charge in [0.05, 0.1) is 12.1 Å². The van der Waals surface area contributed by atoms with E-state index in [0.717, 1.165) is 5.69 Å². The van der Waals surface area contributed by atoms with E-state index in [0.29, 0.717) is 36.7 Å². The zero-order valence-corrected chi connectivity index (χ0v) is 17.1. The van der Waals surface area contributed by atoms with Crippen LogP contribution in [-0.4, -0.2) is 45.5 Å². The number of aryl methyl sites for hydroxylation is 1. The van der Waals surface area contributed by atoms with Gasteiger partial charge in [-0.15, -0.1) is 0 Å². The number of carbonyl (C=O) groups is 2. The van der Waals surface area contributed by atoms with Gasteiger partial charge in [0.15, 0.2) is 5.82 Å². The SMILES string of the molecule is Cc1coc(CC(=O)Nc2cc([C@H]3CC[C@@H](OC(=O)NC(C)CC(F)(F)F)C3)[nH]n2)n1. The minimum absolute atomic E-state index is 0.0166. The second-order valence-electron chi connectivity index (χ2n) is 7.72. The van der Waals surface area contributed by atoms with Gasteiger partial charge >= 0.3 is 12.3 Å². The summed E-state index contributed by atoms with van der Waals surface area (Å²) in [6, 6.07) is 0.640. The number of carbonyl (C=O) groups excluding carboxylic acids is 2. The van der Waals surface area contributed by atoms with Gasteiger partial charge in [-0.1, -0.05) is 0 Å². The van der Waals surface area contributed by atoms with Crippen LogP contribution in [0.25, 0.3) is 0 Å². The molecule has 0 aromatic carbocycles. The van der Waals surface area contributed by atoms with Crippen LogP contribution in [0.1, 0.15) is 55.8 Å². The maximum absolute atomic E-state index is 12.4. The molecule has 1 unspecified atom stereocenters. The monoisotopic (exact) mass is 443 g/mol. The van der Waals surface area contributed by atoms with E-state index >= 15 is 0 Å². The third-order valence-corrected chi connectivity index (χ3v) is 4.84. The molecule has 0 bridgehead atoms. The molecule has 3 rings (SSSR count). The van der Waals surface area contributed by atoms with Crippen molar-refractivity contribution in [3.63, 3.8) is 0 Å². The van der Waals surface area contributed by atoms with Gasteiger partial charge in [0, 0.05) is 23.7 Å². The molecule has 0 saturated heterocycles. The van der Waals surface area contributed by atoms with Crippen molar-refractivity contribution in [1.29, 1.82) is 0 Å². The van der Waals surface area contributed by atoms with E-state index in [-0.39, 0.29) is 18.2 Å². The molecule has 3 atom stereocenters. The quantitative estimate of drug-likeness (QED) is 0.601. The summed E-state index contributed by atoms with van der Waals surface area (Å²) in [6.45, 7) is 3.03. The highest BCUT2D eigenvalue weighted by molar-refractivity contribution is 5.90. The number of rotatable bonds is 7. The summed E-state index contributed by atoms with van der Waals surface area (Å²) in [7, 11) is 0. The van der Waals surface area contributed by atoms with Crippen LogP contribution in [0.3, 0.4) is 0 Å². The molecule has 31 heavy (non-hydrogen) atoms. The number of aromatic nitrogens is 3. The minimum atomic E-state index is -4.35. The number of nitrogens with one attached hydrogen (secondary N) is 3. The fourth-order valence-corrected chi connectivity index (χ4v) is 3.53. The third-order valence-electron chi connectivity index (χ3n) is 4.84.